The molecule has 1 N–H and O–H groups in total. The van der Waals surface area contributed by atoms with E-state index in [0.717, 1.165) is 6.42 Å². The fourth-order valence-electron chi connectivity index (χ4n) is 3.01. The molecule has 1 aliphatic carbocycles. The van der Waals surface area contributed by atoms with Gasteiger partial charge < -0.3 is 10.1 Å². The summed E-state index contributed by atoms with van der Waals surface area (Å²) in [4.78, 5) is 14.3. The molecule has 2 rings (SSSR count). The predicted molar refractivity (Wildman–Crippen MR) is 71.6 cm³/mol. The van der Waals surface area contributed by atoms with Gasteiger partial charge in [0.15, 0.2) is 0 Å². The fraction of sp³-hybridized carbons (Fsp3) is 0.929. The van der Waals surface area contributed by atoms with Crippen LogP contribution in [0.5, 0.6) is 0 Å². The maximum Gasteiger partial charge on any atom is 0.407 e. The maximum absolute atomic E-state index is 11.8. The Balaban J connectivity index is 1.85. The van der Waals surface area contributed by atoms with Crippen molar-refractivity contribution in [1.29, 1.82) is 0 Å². The normalized spacial score (nSPS) is 29.5. The number of nitrogens with one attached hydrogen (secondary N) is 1. The van der Waals surface area contributed by atoms with Crippen molar-refractivity contribution in [2.24, 2.45) is 0 Å². The zero-order valence-electron chi connectivity index (χ0n) is 11.9. The molecule has 1 heterocycles. The van der Waals surface area contributed by atoms with Crippen molar-refractivity contribution in [1.82, 2.24) is 10.2 Å². The molecule has 2 unspecified atom stereocenters. The Bertz CT molecular complexity index is 293. The number of rotatable bonds is 2. The van der Waals surface area contributed by atoms with Crippen LogP contribution in [0.1, 0.15) is 52.9 Å². The Morgan fingerprint density at radius 3 is 2.44 bits per heavy atom. The summed E-state index contributed by atoms with van der Waals surface area (Å²) >= 11 is 0. The molecule has 18 heavy (non-hydrogen) atoms. The number of hydrogen-bond acceptors (Lipinski definition) is 3. The molecule has 0 aromatic carbocycles. The molecule has 2 atom stereocenters. The minimum absolute atomic E-state index is 0.0884. The zero-order valence-corrected chi connectivity index (χ0v) is 11.9. The summed E-state index contributed by atoms with van der Waals surface area (Å²) in [5.74, 6) is 0. The predicted octanol–water partition coefficient (Wildman–Crippen LogP) is 2.53. The Kier molecular flexibility index (Phi) is 4.15. The van der Waals surface area contributed by atoms with Gasteiger partial charge in [-0.05, 0) is 66.0 Å². The van der Waals surface area contributed by atoms with Gasteiger partial charge in [0.2, 0.25) is 0 Å². The summed E-state index contributed by atoms with van der Waals surface area (Å²) in [5.41, 5.74) is -0.223. The van der Waals surface area contributed by atoms with Crippen LogP contribution < -0.4 is 5.32 Å². The number of nitrogens with zero attached hydrogens (tertiary/aromatic N) is 1. The first kappa shape index (κ1) is 13.7. The second kappa shape index (κ2) is 5.47. The standard InChI is InChI=1S/C14H26N2O2/c1-14(2,3)15-13(17)18-12-8-6-7-11(12)16-9-4-5-10-16/h11-12H,4-10H2,1-3H3,(H,15,17). The third-order valence-corrected chi connectivity index (χ3v) is 3.76. The molecule has 0 bridgehead atoms. The van der Waals surface area contributed by atoms with Crippen molar-refractivity contribution >= 4 is 6.09 Å². The van der Waals surface area contributed by atoms with E-state index in [1.165, 1.54) is 38.8 Å². The molecule has 1 saturated heterocycles. The summed E-state index contributed by atoms with van der Waals surface area (Å²) in [6.45, 7) is 8.26. The number of amides is 1. The molecule has 1 aliphatic heterocycles. The lowest BCUT2D eigenvalue weighted by atomic mass is 10.1. The van der Waals surface area contributed by atoms with E-state index in [1.54, 1.807) is 0 Å². The average molecular weight is 254 g/mol. The van der Waals surface area contributed by atoms with E-state index in [2.05, 4.69) is 10.2 Å². The molecule has 104 valence electrons. The molecule has 0 spiro atoms. The van der Waals surface area contributed by atoms with Crippen LogP contribution >= 0.6 is 0 Å². The van der Waals surface area contributed by atoms with Crippen LogP contribution in [0.4, 0.5) is 4.79 Å². The van der Waals surface area contributed by atoms with Crippen LogP contribution in [0.2, 0.25) is 0 Å². The lowest BCUT2D eigenvalue weighted by molar-refractivity contribution is 0.0482. The fourth-order valence-corrected chi connectivity index (χ4v) is 3.01. The van der Waals surface area contributed by atoms with Gasteiger partial charge in [-0.2, -0.15) is 0 Å². The quantitative estimate of drug-likeness (QED) is 0.823. The first-order chi connectivity index (χ1) is 8.46. The molecule has 0 radical (unpaired) electrons. The highest BCUT2D eigenvalue weighted by Crippen LogP contribution is 2.29. The minimum atomic E-state index is -0.265. The molecular weight excluding hydrogens is 228 g/mol. The largest absolute Gasteiger partial charge is 0.445 e. The molecule has 0 aromatic heterocycles. The first-order valence-corrected chi connectivity index (χ1v) is 7.18. The summed E-state index contributed by atoms with van der Waals surface area (Å²) in [5, 5.41) is 2.88. The van der Waals surface area contributed by atoms with Gasteiger partial charge in [0, 0.05) is 11.6 Å². The van der Waals surface area contributed by atoms with E-state index in [4.69, 9.17) is 4.74 Å². The lowest BCUT2D eigenvalue weighted by Gasteiger charge is -2.30. The topological polar surface area (TPSA) is 41.6 Å². The third kappa shape index (κ3) is 3.61. The number of hydrogen-bond donors (Lipinski definition) is 1. The second-order valence-corrected chi connectivity index (χ2v) is 6.56. The molecule has 0 aromatic rings. The van der Waals surface area contributed by atoms with E-state index in [0.29, 0.717) is 6.04 Å². The highest BCUT2D eigenvalue weighted by molar-refractivity contribution is 5.68. The maximum atomic E-state index is 11.8. The van der Waals surface area contributed by atoms with Gasteiger partial charge in [-0.15, -0.1) is 0 Å². The minimum Gasteiger partial charge on any atom is -0.445 e. The smallest absolute Gasteiger partial charge is 0.407 e. The van der Waals surface area contributed by atoms with Crippen molar-refractivity contribution in [3.63, 3.8) is 0 Å². The van der Waals surface area contributed by atoms with Crippen molar-refractivity contribution in [2.45, 2.75) is 70.6 Å². The number of carbonyl (C=O) groups is 1. The van der Waals surface area contributed by atoms with Gasteiger partial charge in [0.1, 0.15) is 6.10 Å². The van der Waals surface area contributed by atoms with Crippen LogP contribution in [0.15, 0.2) is 0 Å². The van der Waals surface area contributed by atoms with Crippen LogP contribution in [-0.2, 0) is 4.74 Å². The summed E-state index contributed by atoms with van der Waals surface area (Å²) in [7, 11) is 0. The Labute approximate surface area is 110 Å². The van der Waals surface area contributed by atoms with Gasteiger partial charge in [-0.3, -0.25) is 4.90 Å². The second-order valence-electron chi connectivity index (χ2n) is 6.56. The van der Waals surface area contributed by atoms with Gasteiger partial charge in [-0.1, -0.05) is 0 Å². The van der Waals surface area contributed by atoms with E-state index in [-0.39, 0.29) is 17.7 Å². The number of likely N-dealkylation sites (tertiary alicyclic amines) is 1. The Hall–Kier alpha value is -0.770. The van der Waals surface area contributed by atoms with E-state index >= 15 is 0 Å². The van der Waals surface area contributed by atoms with Crippen LogP contribution in [0.3, 0.4) is 0 Å². The van der Waals surface area contributed by atoms with Crippen molar-refractivity contribution < 1.29 is 9.53 Å². The van der Waals surface area contributed by atoms with E-state index in [1.807, 2.05) is 20.8 Å². The van der Waals surface area contributed by atoms with Crippen molar-refractivity contribution in [3.8, 4) is 0 Å². The number of alkyl carbamates (subject to hydrolysis) is 1. The molecule has 4 heteroatoms. The molecule has 1 amide bonds. The van der Waals surface area contributed by atoms with Crippen LogP contribution in [0.25, 0.3) is 0 Å². The van der Waals surface area contributed by atoms with E-state index in [9.17, 15) is 4.79 Å². The lowest BCUT2D eigenvalue weighted by Crippen LogP contribution is -2.46. The highest BCUT2D eigenvalue weighted by Gasteiger charge is 2.36. The highest BCUT2D eigenvalue weighted by atomic mass is 16.6. The average Bonchev–Trinajstić information content (AvgIpc) is 2.82. The Morgan fingerprint density at radius 2 is 1.83 bits per heavy atom. The molecule has 2 fully saturated rings. The van der Waals surface area contributed by atoms with Crippen LogP contribution in [0, 0.1) is 0 Å². The van der Waals surface area contributed by atoms with Gasteiger partial charge in [0.05, 0.1) is 0 Å². The first-order valence-electron chi connectivity index (χ1n) is 7.18. The monoisotopic (exact) mass is 254 g/mol. The Morgan fingerprint density at radius 1 is 1.17 bits per heavy atom. The van der Waals surface area contributed by atoms with Crippen molar-refractivity contribution in [3.05, 3.63) is 0 Å². The van der Waals surface area contributed by atoms with Gasteiger partial charge >= 0.3 is 6.09 Å². The molecule has 2 aliphatic rings. The molecule has 4 nitrogen and oxygen atoms in total. The number of ether oxygens (including phenoxy) is 1. The molecule has 1 saturated carbocycles. The van der Waals surface area contributed by atoms with Crippen LogP contribution in [-0.4, -0.2) is 41.8 Å². The molecular formula is C14H26N2O2. The summed E-state index contributed by atoms with van der Waals surface area (Å²) in [6, 6.07) is 0.457. The van der Waals surface area contributed by atoms with Crippen molar-refractivity contribution in [2.75, 3.05) is 13.1 Å². The van der Waals surface area contributed by atoms with E-state index < -0.39 is 0 Å². The van der Waals surface area contributed by atoms with Gasteiger partial charge in [0.25, 0.3) is 0 Å². The SMILES string of the molecule is CC(C)(C)NC(=O)OC1CCCC1N1CCCC1. The number of carbonyl (C=O) groups excluding carboxylic acids is 1. The summed E-state index contributed by atoms with van der Waals surface area (Å²) < 4.78 is 5.62. The third-order valence-electron chi connectivity index (χ3n) is 3.76. The zero-order chi connectivity index (χ0) is 13.2. The van der Waals surface area contributed by atoms with Gasteiger partial charge in [-0.25, -0.2) is 4.79 Å². The summed E-state index contributed by atoms with van der Waals surface area (Å²) in [6.07, 6.45) is 5.76.